The van der Waals surface area contributed by atoms with Crippen LogP contribution in [0.2, 0.25) is 0 Å². The van der Waals surface area contributed by atoms with Gasteiger partial charge in [-0.1, -0.05) is 230 Å². The Kier molecular flexibility index (Phi) is 34.5. The first kappa shape index (κ1) is 63.7. The molecule has 4 aromatic rings. The van der Waals surface area contributed by atoms with Crippen LogP contribution < -0.4 is 0 Å². The highest BCUT2D eigenvalue weighted by atomic mass is 32.2. The number of hydrogen-bond donors (Lipinski definition) is 2. The van der Waals surface area contributed by atoms with Crippen molar-refractivity contribution in [2.45, 2.75) is 251 Å². The largest absolute Gasteiger partial charge is 0.394 e. The number of thioether (sulfide) groups is 4. The van der Waals surface area contributed by atoms with E-state index in [4.69, 9.17) is 4.74 Å². The minimum Gasteiger partial charge on any atom is -0.394 e. The zero-order chi connectivity index (χ0) is 52.1. The monoisotopic (exact) mass is 1070 g/mol. The van der Waals surface area contributed by atoms with Gasteiger partial charge in [0.25, 0.3) is 0 Å². The molecule has 7 heteroatoms. The van der Waals surface area contributed by atoms with Gasteiger partial charge in [0, 0.05) is 19.6 Å². The number of benzene rings is 4. The minimum absolute atomic E-state index is 0.00246. The maximum absolute atomic E-state index is 14.3. The predicted molar refractivity (Wildman–Crippen MR) is 327 cm³/mol. The van der Waals surface area contributed by atoms with E-state index in [9.17, 15) is 10.2 Å². The summed E-state index contributed by atoms with van der Waals surface area (Å²) in [6, 6.07) is 36.2. The van der Waals surface area contributed by atoms with Crippen molar-refractivity contribution in [3.63, 3.8) is 0 Å². The van der Waals surface area contributed by atoms with Crippen LogP contribution in [0.25, 0.3) is 0 Å². The Labute approximate surface area is 465 Å². The number of rotatable bonds is 45. The lowest BCUT2D eigenvalue weighted by molar-refractivity contribution is -0.109. The fraction of sp³-hybridized carbons (Fsp3) is 0.636. The van der Waals surface area contributed by atoms with E-state index in [0.29, 0.717) is 0 Å². The predicted octanol–water partition coefficient (Wildman–Crippen LogP) is 20.7. The molecule has 0 amide bonds. The molecular formula is C66H102O3S4. The van der Waals surface area contributed by atoms with Crippen molar-refractivity contribution in [1.82, 2.24) is 0 Å². The standard InChI is InChI=1S/C66H102O3S4/c1-6-10-14-18-22-26-30-50-70-61-42-34-57(35-43-61)65(68,55-69-56(5)54-67)66(58-36-44-62(45-37-58)71-51-31-27-23-19-15-11-7-2,59-38-46-63(47-39-59)72-52-32-28-24-20-16-12-8-3)60-40-48-64(49-41-60)73-53-33-29-25-21-17-13-9-4/h34-49,56,67-68H,6-33,50-55H2,1-5H3. The Morgan fingerprint density at radius 2 is 0.589 bits per heavy atom. The number of unbranched alkanes of at least 4 members (excludes halogenated alkanes) is 24. The van der Waals surface area contributed by atoms with Crippen molar-refractivity contribution in [3.05, 3.63) is 119 Å². The molecular weight excluding hydrogens is 969 g/mol. The lowest BCUT2D eigenvalue weighted by Crippen LogP contribution is -2.54. The molecule has 408 valence electrons. The Balaban J connectivity index is 1.78. The van der Waals surface area contributed by atoms with E-state index in [2.05, 4.69) is 125 Å². The van der Waals surface area contributed by atoms with Gasteiger partial charge in [-0.25, -0.2) is 0 Å². The SMILES string of the molecule is CCCCCCCCCSc1ccc(C(O)(COC(C)CO)C(c2ccc(SCCCCCCCCC)cc2)(c2ccc(SCCCCCCCCC)cc2)c2ccc(SCCCCCCCCC)cc2)cc1. The molecule has 0 radical (unpaired) electrons. The molecule has 0 saturated carbocycles. The number of hydrogen-bond acceptors (Lipinski definition) is 7. The van der Waals surface area contributed by atoms with Gasteiger partial charge in [-0.2, -0.15) is 0 Å². The molecule has 0 heterocycles. The minimum atomic E-state index is -1.58. The lowest BCUT2D eigenvalue weighted by Gasteiger charge is -2.49. The average Bonchev–Trinajstić information content (AvgIpc) is 3.42. The van der Waals surface area contributed by atoms with Crippen LogP contribution in [-0.2, 0) is 15.8 Å². The van der Waals surface area contributed by atoms with Crippen LogP contribution in [-0.4, -0.2) is 52.5 Å². The maximum Gasteiger partial charge on any atom is 0.131 e. The second-order valence-electron chi connectivity index (χ2n) is 20.9. The Hall–Kier alpha value is -1.84. The van der Waals surface area contributed by atoms with Crippen LogP contribution in [0.3, 0.4) is 0 Å². The first-order valence-electron chi connectivity index (χ1n) is 29.7. The van der Waals surface area contributed by atoms with Gasteiger partial charge in [-0.05, 0) is 126 Å². The molecule has 3 nitrogen and oxygen atoms in total. The van der Waals surface area contributed by atoms with Crippen molar-refractivity contribution in [1.29, 1.82) is 0 Å². The van der Waals surface area contributed by atoms with E-state index in [1.807, 2.05) is 54.0 Å². The summed E-state index contributed by atoms with van der Waals surface area (Å²) in [7, 11) is 0. The molecule has 2 atom stereocenters. The first-order valence-corrected chi connectivity index (χ1v) is 33.7. The molecule has 0 saturated heterocycles. The van der Waals surface area contributed by atoms with Crippen LogP contribution in [0.5, 0.6) is 0 Å². The molecule has 2 unspecified atom stereocenters. The number of ether oxygens (including phenoxy) is 1. The molecule has 0 aliphatic carbocycles. The van der Waals surface area contributed by atoms with Gasteiger partial charge >= 0.3 is 0 Å². The smallest absolute Gasteiger partial charge is 0.131 e. The Morgan fingerprint density at radius 3 is 0.836 bits per heavy atom. The van der Waals surface area contributed by atoms with E-state index in [0.717, 1.165) is 45.3 Å². The van der Waals surface area contributed by atoms with Crippen LogP contribution in [0.15, 0.2) is 117 Å². The first-order chi connectivity index (χ1) is 35.9. The fourth-order valence-corrected chi connectivity index (χ4v) is 13.8. The molecule has 73 heavy (non-hydrogen) atoms. The molecule has 0 spiro atoms. The van der Waals surface area contributed by atoms with E-state index < -0.39 is 17.1 Å². The highest BCUT2D eigenvalue weighted by molar-refractivity contribution is 8.00. The third kappa shape index (κ3) is 23.0. The van der Waals surface area contributed by atoms with E-state index in [1.54, 1.807) is 0 Å². The molecule has 0 bridgehead atoms. The van der Waals surface area contributed by atoms with Gasteiger partial charge in [-0.15, -0.1) is 47.0 Å². The fourth-order valence-electron chi connectivity index (χ4n) is 10.2. The zero-order valence-corrected chi connectivity index (χ0v) is 50.1. The van der Waals surface area contributed by atoms with Gasteiger partial charge < -0.3 is 14.9 Å². The highest BCUT2D eigenvalue weighted by Crippen LogP contribution is 2.53. The summed E-state index contributed by atoms with van der Waals surface area (Å²) in [4.78, 5) is 5.00. The summed E-state index contributed by atoms with van der Waals surface area (Å²) in [5.74, 6) is 4.41. The van der Waals surface area contributed by atoms with Gasteiger partial charge in [0.15, 0.2) is 0 Å². The summed E-state index contributed by atoms with van der Waals surface area (Å²) in [6.07, 6.45) is 36.2. The maximum atomic E-state index is 14.3. The molecule has 0 aromatic heterocycles. The molecule has 4 aromatic carbocycles. The summed E-state index contributed by atoms with van der Waals surface area (Å²) in [5, 5.41) is 24.7. The van der Waals surface area contributed by atoms with E-state index >= 15 is 0 Å². The number of aliphatic hydroxyl groups excluding tert-OH is 1. The summed E-state index contributed by atoms with van der Waals surface area (Å²) >= 11 is 7.76. The summed E-state index contributed by atoms with van der Waals surface area (Å²) in [5.41, 5.74) is 1.23. The Morgan fingerprint density at radius 1 is 0.356 bits per heavy atom. The van der Waals surface area contributed by atoms with Crippen LogP contribution in [0.4, 0.5) is 0 Å². The van der Waals surface area contributed by atoms with Crippen LogP contribution in [0.1, 0.15) is 237 Å². The van der Waals surface area contributed by atoms with Crippen LogP contribution >= 0.6 is 47.0 Å². The van der Waals surface area contributed by atoms with Crippen molar-refractivity contribution in [3.8, 4) is 0 Å². The molecule has 0 aliphatic rings. The molecule has 0 aliphatic heterocycles. The number of aliphatic hydroxyl groups is 2. The van der Waals surface area contributed by atoms with Gasteiger partial charge in [0.05, 0.1) is 24.7 Å². The third-order valence-electron chi connectivity index (χ3n) is 14.7. The Bertz CT molecular complexity index is 1760. The van der Waals surface area contributed by atoms with Crippen molar-refractivity contribution in [2.75, 3.05) is 36.2 Å². The van der Waals surface area contributed by atoms with Gasteiger partial charge in [0.1, 0.15) is 5.60 Å². The van der Waals surface area contributed by atoms with Crippen molar-refractivity contribution < 1.29 is 14.9 Å². The van der Waals surface area contributed by atoms with E-state index in [-0.39, 0.29) is 13.2 Å². The summed E-state index contributed by atoms with van der Waals surface area (Å²) < 4.78 is 6.61. The topological polar surface area (TPSA) is 49.7 Å². The molecule has 2 N–H and O–H groups in total. The second-order valence-corrected chi connectivity index (χ2v) is 25.6. The van der Waals surface area contributed by atoms with Gasteiger partial charge in [-0.3, -0.25) is 0 Å². The summed E-state index contributed by atoms with van der Waals surface area (Å²) in [6.45, 7) is 10.9. The third-order valence-corrected chi connectivity index (χ3v) is 19.1. The molecule has 4 rings (SSSR count). The van der Waals surface area contributed by atoms with Crippen molar-refractivity contribution >= 4 is 47.0 Å². The molecule has 0 fully saturated rings. The lowest BCUT2D eigenvalue weighted by atomic mass is 9.57. The van der Waals surface area contributed by atoms with Crippen LogP contribution in [0, 0.1) is 0 Å². The zero-order valence-electron chi connectivity index (χ0n) is 46.8. The average molecular weight is 1070 g/mol. The van der Waals surface area contributed by atoms with Crippen molar-refractivity contribution in [2.24, 2.45) is 0 Å². The highest BCUT2D eigenvalue weighted by Gasteiger charge is 2.55. The normalized spacial score (nSPS) is 13.1. The van der Waals surface area contributed by atoms with Gasteiger partial charge in [0.2, 0.25) is 0 Å². The van der Waals surface area contributed by atoms with E-state index in [1.165, 1.54) is 199 Å². The second kappa shape index (κ2) is 39.5. The quantitative estimate of drug-likeness (QED) is 0.0260.